The van der Waals surface area contributed by atoms with Crippen LogP contribution in [0.25, 0.3) is 27.8 Å². The van der Waals surface area contributed by atoms with Gasteiger partial charge in [-0.1, -0.05) is 6.07 Å². The molecule has 0 atom stereocenters. The molecular weight excluding hydrogens is 383 g/mol. The quantitative estimate of drug-likeness (QED) is 0.570. The highest BCUT2D eigenvalue weighted by molar-refractivity contribution is 5.87. The van der Waals surface area contributed by atoms with Crippen LogP contribution < -0.4 is 15.6 Å². The summed E-state index contributed by atoms with van der Waals surface area (Å²) in [6.07, 6.45) is 4.10. The Hall–Kier alpha value is -3.45. The number of hydrogen-bond acceptors (Lipinski definition) is 4. The highest BCUT2D eigenvalue weighted by atomic mass is 19.1. The van der Waals surface area contributed by atoms with Crippen LogP contribution in [-0.2, 0) is 20.0 Å². The number of pyridine rings is 2. The summed E-state index contributed by atoms with van der Waals surface area (Å²) in [6.45, 7) is 1.83. The Morgan fingerprint density at radius 2 is 2.07 bits per heavy atom. The van der Waals surface area contributed by atoms with Gasteiger partial charge in [0, 0.05) is 48.6 Å². The average Bonchev–Trinajstić information content (AvgIpc) is 3.05. The third-order valence-corrected chi connectivity index (χ3v) is 5.79. The van der Waals surface area contributed by atoms with Crippen molar-refractivity contribution in [2.24, 2.45) is 7.05 Å². The Bertz CT molecular complexity index is 1340. The molecule has 4 aromatic rings. The minimum atomic E-state index is -0.532. The number of methoxy groups -OCH3 is 1. The minimum Gasteiger partial charge on any atom is -0.495 e. The Morgan fingerprint density at radius 1 is 1.20 bits per heavy atom. The van der Waals surface area contributed by atoms with Crippen LogP contribution in [0.5, 0.6) is 5.75 Å². The smallest absolute Gasteiger partial charge is 0.255 e. The van der Waals surface area contributed by atoms with Crippen molar-refractivity contribution in [1.29, 1.82) is 0 Å². The predicted molar refractivity (Wildman–Crippen MR) is 114 cm³/mol. The summed E-state index contributed by atoms with van der Waals surface area (Å²) in [5.74, 6) is -0.200. The second kappa shape index (κ2) is 7.11. The number of fused-ring (bicyclic) bond motifs is 3. The molecule has 6 nitrogen and oxygen atoms in total. The molecule has 4 heterocycles. The van der Waals surface area contributed by atoms with Gasteiger partial charge < -0.3 is 14.6 Å². The summed E-state index contributed by atoms with van der Waals surface area (Å²) >= 11 is 0. The Labute approximate surface area is 172 Å². The molecule has 1 N–H and O–H groups in total. The van der Waals surface area contributed by atoms with Gasteiger partial charge in [-0.05, 0) is 36.7 Å². The SMILES string of the molecule is COc1cnc(-c2ccn(-c3ccc4c5c(n(C)c4c3)CNCC5)c(=O)c2)c(F)c1. The lowest BCUT2D eigenvalue weighted by molar-refractivity contribution is 0.409. The molecule has 0 fully saturated rings. The molecule has 0 bridgehead atoms. The fourth-order valence-electron chi connectivity index (χ4n) is 4.21. The number of aromatic nitrogens is 3. The maximum Gasteiger partial charge on any atom is 0.255 e. The number of nitrogens with one attached hydrogen (secondary N) is 1. The summed E-state index contributed by atoms with van der Waals surface area (Å²) < 4.78 is 23.1. The maximum absolute atomic E-state index is 14.4. The summed E-state index contributed by atoms with van der Waals surface area (Å²) in [5, 5.41) is 4.64. The molecule has 0 saturated heterocycles. The topological polar surface area (TPSA) is 61.1 Å². The van der Waals surface area contributed by atoms with Gasteiger partial charge in [-0.25, -0.2) is 9.37 Å². The molecule has 5 rings (SSSR count). The molecule has 0 amide bonds. The van der Waals surface area contributed by atoms with Crippen molar-refractivity contribution in [3.8, 4) is 22.7 Å². The molecule has 0 unspecified atom stereocenters. The first kappa shape index (κ1) is 18.6. The molecule has 0 aliphatic carbocycles. The lowest BCUT2D eigenvalue weighted by atomic mass is 10.0. The Balaban J connectivity index is 1.57. The van der Waals surface area contributed by atoms with E-state index in [1.807, 2.05) is 12.1 Å². The molecule has 0 saturated carbocycles. The number of ether oxygens (including phenoxy) is 1. The van der Waals surface area contributed by atoms with E-state index in [0.717, 1.165) is 30.7 Å². The first-order chi connectivity index (χ1) is 14.6. The zero-order chi connectivity index (χ0) is 20.8. The van der Waals surface area contributed by atoms with E-state index in [0.29, 0.717) is 11.3 Å². The number of rotatable bonds is 3. The third kappa shape index (κ3) is 2.90. The van der Waals surface area contributed by atoms with Gasteiger partial charge in [0.2, 0.25) is 0 Å². The van der Waals surface area contributed by atoms with E-state index in [4.69, 9.17) is 4.74 Å². The standard InChI is InChI=1S/C23H21FN4O2/c1-27-20-10-15(3-4-17(20)18-5-7-25-13-21(18)27)28-8-6-14(9-22(28)29)23-19(24)11-16(30-2)12-26-23/h3-4,6,8-12,25H,5,7,13H2,1-2H3. The van der Waals surface area contributed by atoms with Crippen LogP contribution in [-0.4, -0.2) is 27.8 Å². The number of halogens is 1. The lowest BCUT2D eigenvalue weighted by Crippen LogP contribution is -2.24. The number of nitrogens with zero attached hydrogens (tertiary/aromatic N) is 3. The number of aryl methyl sites for hydroxylation is 1. The van der Waals surface area contributed by atoms with Crippen LogP contribution >= 0.6 is 0 Å². The largest absolute Gasteiger partial charge is 0.495 e. The summed E-state index contributed by atoms with van der Waals surface area (Å²) in [7, 11) is 3.51. The molecule has 1 aliphatic rings. The summed E-state index contributed by atoms with van der Waals surface area (Å²) in [5.41, 5.74) is 4.84. The molecule has 0 spiro atoms. The first-order valence-electron chi connectivity index (χ1n) is 9.80. The van der Waals surface area contributed by atoms with Crippen molar-refractivity contribution in [2.75, 3.05) is 13.7 Å². The fraction of sp³-hybridized carbons (Fsp3) is 0.217. The van der Waals surface area contributed by atoms with E-state index in [-0.39, 0.29) is 11.3 Å². The zero-order valence-corrected chi connectivity index (χ0v) is 16.8. The van der Waals surface area contributed by atoms with Crippen molar-refractivity contribution in [3.05, 3.63) is 76.2 Å². The van der Waals surface area contributed by atoms with Gasteiger partial charge in [0.1, 0.15) is 11.4 Å². The molecule has 1 aliphatic heterocycles. The molecule has 3 aromatic heterocycles. The third-order valence-electron chi connectivity index (χ3n) is 5.79. The second-order valence-corrected chi connectivity index (χ2v) is 7.44. The van der Waals surface area contributed by atoms with Crippen molar-refractivity contribution < 1.29 is 9.13 Å². The maximum atomic E-state index is 14.4. The number of benzene rings is 1. The van der Waals surface area contributed by atoms with Gasteiger partial charge in [0.15, 0.2) is 5.82 Å². The van der Waals surface area contributed by atoms with Crippen LogP contribution in [0.2, 0.25) is 0 Å². The highest BCUT2D eigenvalue weighted by Gasteiger charge is 2.18. The normalized spacial score (nSPS) is 13.4. The van der Waals surface area contributed by atoms with E-state index >= 15 is 0 Å². The van der Waals surface area contributed by atoms with Crippen LogP contribution in [0.15, 0.2) is 53.6 Å². The van der Waals surface area contributed by atoms with E-state index in [1.54, 1.807) is 16.8 Å². The Kier molecular flexibility index (Phi) is 4.40. The van der Waals surface area contributed by atoms with Crippen molar-refractivity contribution >= 4 is 10.9 Å². The second-order valence-electron chi connectivity index (χ2n) is 7.44. The predicted octanol–water partition coefficient (Wildman–Crippen LogP) is 3.18. The van der Waals surface area contributed by atoms with Crippen molar-refractivity contribution in [3.63, 3.8) is 0 Å². The minimum absolute atomic E-state index is 0.123. The Morgan fingerprint density at radius 3 is 2.83 bits per heavy atom. The van der Waals surface area contributed by atoms with Crippen LogP contribution in [0.3, 0.4) is 0 Å². The monoisotopic (exact) mass is 404 g/mol. The van der Waals surface area contributed by atoms with E-state index < -0.39 is 5.82 Å². The van der Waals surface area contributed by atoms with Crippen LogP contribution in [0, 0.1) is 5.82 Å². The van der Waals surface area contributed by atoms with E-state index in [2.05, 4.69) is 28.0 Å². The zero-order valence-electron chi connectivity index (χ0n) is 16.8. The van der Waals surface area contributed by atoms with Gasteiger partial charge in [-0.2, -0.15) is 0 Å². The first-order valence-corrected chi connectivity index (χ1v) is 9.80. The summed E-state index contributed by atoms with van der Waals surface area (Å²) in [4.78, 5) is 16.9. The van der Waals surface area contributed by atoms with Gasteiger partial charge in [0.25, 0.3) is 5.56 Å². The molecular formula is C23H21FN4O2. The van der Waals surface area contributed by atoms with Crippen molar-refractivity contribution in [2.45, 2.75) is 13.0 Å². The van der Waals surface area contributed by atoms with E-state index in [1.165, 1.54) is 42.1 Å². The van der Waals surface area contributed by atoms with Crippen LogP contribution in [0.4, 0.5) is 4.39 Å². The lowest BCUT2D eigenvalue weighted by Gasteiger charge is -2.14. The average molecular weight is 404 g/mol. The molecule has 7 heteroatoms. The molecule has 1 aromatic carbocycles. The summed E-state index contributed by atoms with van der Waals surface area (Å²) in [6, 6.07) is 10.4. The van der Waals surface area contributed by atoms with Gasteiger partial charge >= 0.3 is 0 Å². The highest BCUT2D eigenvalue weighted by Crippen LogP contribution is 2.29. The van der Waals surface area contributed by atoms with Gasteiger partial charge in [-0.15, -0.1) is 0 Å². The van der Waals surface area contributed by atoms with Crippen LogP contribution in [0.1, 0.15) is 11.3 Å². The van der Waals surface area contributed by atoms with E-state index in [9.17, 15) is 9.18 Å². The van der Waals surface area contributed by atoms with Crippen molar-refractivity contribution in [1.82, 2.24) is 19.4 Å². The fourth-order valence-corrected chi connectivity index (χ4v) is 4.21. The van der Waals surface area contributed by atoms with Gasteiger partial charge in [-0.3, -0.25) is 9.36 Å². The van der Waals surface area contributed by atoms with Gasteiger partial charge in [0.05, 0.1) is 24.5 Å². The molecule has 0 radical (unpaired) electrons. The molecule has 30 heavy (non-hydrogen) atoms. The number of hydrogen-bond donors (Lipinski definition) is 1. The molecule has 152 valence electrons.